The molecule has 2 rings (SSSR count). The van der Waals surface area contributed by atoms with Crippen molar-refractivity contribution in [2.45, 2.75) is 13.0 Å². The van der Waals surface area contributed by atoms with Crippen molar-refractivity contribution in [2.24, 2.45) is 0 Å². The number of carbonyl (C=O) groups is 2. The van der Waals surface area contributed by atoms with Crippen molar-refractivity contribution in [1.82, 2.24) is 4.90 Å². The monoisotopic (exact) mass is 313 g/mol. The van der Waals surface area contributed by atoms with E-state index < -0.39 is 12.1 Å². The Kier molecular flexibility index (Phi) is 5.01. The van der Waals surface area contributed by atoms with Crippen LogP contribution in [-0.4, -0.2) is 42.1 Å². The molecule has 2 aromatic rings. The topological polar surface area (TPSA) is 66.8 Å². The molecule has 0 saturated heterocycles. The molecule has 2 aromatic carbocycles. The number of esters is 1. The van der Waals surface area contributed by atoms with Crippen molar-refractivity contribution in [2.75, 3.05) is 14.1 Å². The smallest absolute Gasteiger partial charge is 0.338 e. The number of nitrogens with zero attached hydrogens (tertiary/aromatic N) is 1. The summed E-state index contributed by atoms with van der Waals surface area (Å²) in [6.45, 7) is 1.55. The van der Waals surface area contributed by atoms with E-state index in [1.165, 1.54) is 4.90 Å². The van der Waals surface area contributed by atoms with Gasteiger partial charge in [0.05, 0.1) is 5.56 Å². The van der Waals surface area contributed by atoms with Crippen LogP contribution in [0, 0.1) is 0 Å². The van der Waals surface area contributed by atoms with Gasteiger partial charge in [0.15, 0.2) is 6.10 Å². The second kappa shape index (κ2) is 6.96. The molecule has 0 aliphatic carbocycles. The molecule has 0 aromatic heterocycles. The fourth-order valence-electron chi connectivity index (χ4n) is 2.10. The molecule has 0 aliphatic heterocycles. The SMILES string of the molecule is C[C@H](OC(=O)c1ccc(-c2ccc(O)cc2)cc1)C(=O)N(C)C. The van der Waals surface area contributed by atoms with Gasteiger partial charge in [-0.3, -0.25) is 4.79 Å². The molecule has 1 N–H and O–H groups in total. The summed E-state index contributed by atoms with van der Waals surface area (Å²) in [5.74, 6) is -0.600. The molecule has 0 heterocycles. The van der Waals surface area contributed by atoms with Crippen LogP contribution in [0.1, 0.15) is 17.3 Å². The van der Waals surface area contributed by atoms with Crippen LogP contribution < -0.4 is 0 Å². The van der Waals surface area contributed by atoms with E-state index in [9.17, 15) is 14.7 Å². The Balaban J connectivity index is 2.08. The van der Waals surface area contributed by atoms with E-state index in [0.29, 0.717) is 5.56 Å². The highest BCUT2D eigenvalue weighted by atomic mass is 16.5. The lowest BCUT2D eigenvalue weighted by Crippen LogP contribution is -2.34. The largest absolute Gasteiger partial charge is 0.508 e. The van der Waals surface area contributed by atoms with E-state index in [4.69, 9.17) is 4.74 Å². The van der Waals surface area contributed by atoms with Gasteiger partial charge in [0.1, 0.15) is 5.75 Å². The second-order valence-corrected chi connectivity index (χ2v) is 5.40. The maximum absolute atomic E-state index is 12.0. The van der Waals surface area contributed by atoms with Crippen LogP contribution in [0.3, 0.4) is 0 Å². The number of carbonyl (C=O) groups excluding carboxylic acids is 2. The third-order valence-corrected chi connectivity index (χ3v) is 3.39. The normalized spacial score (nSPS) is 11.6. The van der Waals surface area contributed by atoms with Gasteiger partial charge in [0.25, 0.3) is 5.91 Å². The number of likely N-dealkylation sites (N-methyl/N-ethyl adjacent to an activating group) is 1. The van der Waals surface area contributed by atoms with Gasteiger partial charge in [0, 0.05) is 14.1 Å². The first-order chi connectivity index (χ1) is 10.9. The summed E-state index contributed by atoms with van der Waals surface area (Å²) in [6.07, 6.45) is -0.825. The zero-order valence-electron chi connectivity index (χ0n) is 13.3. The number of rotatable bonds is 4. The fourth-order valence-corrected chi connectivity index (χ4v) is 2.10. The number of benzene rings is 2. The van der Waals surface area contributed by atoms with Crippen LogP contribution in [0.5, 0.6) is 5.75 Å². The van der Waals surface area contributed by atoms with E-state index in [1.807, 2.05) is 0 Å². The minimum atomic E-state index is -0.825. The van der Waals surface area contributed by atoms with Crippen molar-refractivity contribution in [3.05, 3.63) is 54.1 Å². The van der Waals surface area contributed by atoms with Crippen molar-refractivity contribution in [3.63, 3.8) is 0 Å². The highest BCUT2D eigenvalue weighted by Gasteiger charge is 2.20. The summed E-state index contributed by atoms with van der Waals surface area (Å²) in [6, 6.07) is 13.7. The molecular formula is C18H19NO4. The highest BCUT2D eigenvalue weighted by Crippen LogP contribution is 2.22. The fraction of sp³-hybridized carbons (Fsp3) is 0.222. The number of ether oxygens (including phenoxy) is 1. The third-order valence-electron chi connectivity index (χ3n) is 3.39. The molecule has 0 radical (unpaired) electrons. The Morgan fingerprint density at radius 2 is 1.43 bits per heavy atom. The van der Waals surface area contributed by atoms with Gasteiger partial charge in [-0.1, -0.05) is 24.3 Å². The molecule has 0 aliphatic rings. The van der Waals surface area contributed by atoms with Gasteiger partial charge in [-0.25, -0.2) is 4.79 Å². The van der Waals surface area contributed by atoms with Crippen LogP contribution >= 0.6 is 0 Å². The number of phenols is 1. The molecule has 0 spiro atoms. The lowest BCUT2D eigenvalue weighted by atomic mass is 10.0. The zero-order chi connectivity index (χ0) is 17.0. The van der Waals surface area contributed by atoms with E-state index >= 15 is 0 Å². The van der Waals surface area contributed by atoms with Crippen LogP contribution in [0.15, 0.2) is 48.5 Å². The van der Waals surface area contributed by atoms with Crippen LogP contribution in [0.2, 0.25) is 0 Å². The van der Waals surface area contributed by atoms with Crippen LogP contribution in [-0.2, 0) is 9.53 Å². The van der Waals surface area contributed by atoms with Crippen molar-refractivity contribution < 1.29 is 19.4 Å². The molecule has 1 atom stereocenters. The summed E-state index contributed by atoms with van der Waals surface area (Å²) in [7, 11) is 3.22. The Morgan fingerprint density at radius 1 is 0.957 bits per heavy atom. The first kappa shape index (κ1) is 16.5. The van der Waals surface area contributed by atoms with Crippen molar-refractivity contribution >= 4 is 11.9 Å². The number of hydrogen-bond donors (Lipinski definition) is 1. The van der Waals surface area contributed by atoms with E-state index in [-0.39, 0.29) is 11.7 Å². The number of aromatic hydroxyl groups is 1. The van der Waals surface area contributed by atoms with Gasteiger partial charge < -0.3 is 14.7 Å². The number of phenolic OH excluding ortho intramolecular Hbond substituents is 1. The Hall–Kier alpha value is -2.82. The molecule has 1 amide bonds. The van der Waals surface area contributed by atoms with Crippen LogP contribution in [0.4, 0.5) is 0 Å². The van der Waals surface area contributed by atoms with Gasteiger partial charge >= 0.3 is 5.97 Å². The zero-order valence-corrected chi connectivity index (χ0v) is 13.3. The highest BCUT2D eigenvalue weighted by molar-refractivity contribution is 5.92. The van der Waals surface area contributed by atoms with Gasteiger partial charge in [0.2, 0.25) is 0 Å². The maximum atomic E-state index is 12.0. The molecule has 5 nitrogen and oxygen atoms in total. The predicted molar refractivity (Wildman–Crippen MR) is 87.1 cm³/mol. The summed E-state index contributed by atoms with van der Waals surface area (Å²) < 4.78 is 5.16. The lowest BCUT2D eigenvalue weighted by molar-refractivity contribution is -0.137. The molecule has 120 valence electrons. The Bertz CT molecular complexity index is 690. The molecule has 0 bridgehead atoms. The summed E-state index contributed by atoms with van der Waals surface area (Å²) in [5.41, 5.74) is 2.23. The first-order valence-electron chi connectivity index (χ1n) is 7.20. The molecule has 5 heteroatoms. The van der Waals surface area contributed by atoms with E-state index in [0.717, 1.165) is 11.1 Å². The van der Waals surface area contributed by atoms with Gasteiger partial charge in [-0.15, -0.1) is 0 Å². The lowest BCUT2D eigenvalue weighted by Gasteiger charge is -2.17. The summed E-state index contributed by atoms with van der Waals surface area (Å²) in [4.78, 5) is 25.1. The average Bonchev–Trinajstić information content (AvgIpc) is 2.54. The molecule has 0 fully saturated rings. The minimum Gasteiger partial charge on any atom is -0.508 e. The molecule has 0 saturated carbocycles. The molecule has 0 unspecified atom stereocenters. The quantitative estimate of drug-likeness (QED) is 0.881. The maximum Gasteiger partial charge on any atom is 0.338 e. The minimum absolute atomic E-state index is 0.202. The standard InChI is InChI=1S/C18H19NO4/c1-12(17(21)19(2)3)23-18(22)15-6-4-13(5-7-15)14-8-10-16(20)11-9-14/h4-12,20H,1-3H3/t12-/m0/s1. The number of hydrogen-bond acceptors (Lipinski definition) is 4. The number of amides is 1. The third kappa shape index (κ3) is 4.10. The molecular weight excluding hydrogens is 294 g/mol. The van der Waals surface area contributed by atoms with Crippen molar-refractivity contribution in [3.8, 4) is 16.9 Å². The van der Waals surface area contributed by atoms with Gasteiger partial charge in [-0.05, 0) is 42.3 Å². The van der Waals surface area contributed by atoms with Crippen molar-refractivity contribution in [1.29, 1.82) is 0 Å². The first-order valence-corrected chi connectivity index (χ1v) is 7.20. The summed E-state index contributed by atoms with van der Waals surface area (Å²) >= 11 is 0. The van der Waals surface area contributed by atoms with E-state index in [2.05, 4.69) is 0 Å². The Morgan fingerprint density at radius 3 is 1.91 bits per heavy atom. The van der Waals surface area contributed by atoms with E-state index in [1.54, 1.807) is 69.6 Å². The summed E-state index contributed by atoms with van der Waals surface area (Å²) in [5, 5.41) is 9.30. The van der Waals surface area contributed by atoms with Gasteiger partial charge in [-0.2, -0.15) is 0 Å². The molecule has 23 heavy (non-hydrogen) atoms. The predicted octanol–water partition coefficient (Wildman–Crippen LogP) is 2.69. The Labute approximate surface area is 135 Å². The second-order valence-electron chi connectivity index (χ2n) is 5.40. The average molecular weight is 313 g/mol. The van der Waals surface area contributed by atoms with Crippen LogP contribution in [0.25, 0.3) is 11.1 Å².